The Labute approximate surface area is 106 Å². The lowest BCUT2D eigenvalue weighted by molar-refractivity contribution is 0.317. The van der Waals surface area contributed by atoms with Crippen LogP contribution in [0.1, 0.15) is 18.9 Å². The quantitative estimate of drug-likeness (QED) is 0.827. The standard InChI is InChI=1S/C13H18BrNO/c1-3-8-16-13-6-4-12(5-7-13)10-15-9-11(2)14/h4-7,15H,2-3,8-10H2,1H3. The van der Waals surface area contributed by atoms with E-state index in [1.807, 2.05) is 12.1 Å². The van der Waals surface area contributed by atoms with E-state index < -0.39 is 0 Å². The van der Waals surface area contributed by atoms with Gasteiger partial charge in [-0.3, -0.25) is 0 Å². The van der Waals surface area contributed by atoms with Crippen molar-refractivity contribution < 1.29 is 4.74 Å². The van der Waals surface area contributed by atoms with Crippen LogP contribution in [0.4, 0.5) is 0 Å². The third-order valence-electron chi connectivity index (χ3n) is 2.04. The van der Waals surface area contributed by atoms with Crippen LogP contribution < -0.4 is 10.1 Å². The molecule has 16 heavy (non-hydrogen) atoms. The zero-order valence-corrected chi connectivity index (χ0v) is 11.2. The summed E-state index contributed by atoms with van der Waals surface area (Å²) in [6.07, 6.45) is 1.04. The minimum atomic E-state index is 0.779. The van der Waals surface area contributed by atoms with Gasteiger partial charge in [-0.05, 0) is 24.1 Å². The molecule has 0 aliphatic carbocycles. The maximum absolute atomic E-state index is 5.51. The molecule has 0 amide bonds. The number of hydrogen-bond donors (Lipinski definition) is 1. The number of nitrogens with one attached hydrogen (secondary N) is 1. The molecule has 0 spiro atoms. The SMILES string of the molecule is C=C(Br)CNCc1ccc(OCCC)cc1. The van der Waals surface area contributed by atoms with Crippen molar-refractivity contribution in [3.63, 3.8) is 0 Å². The van der Waals surface area contributed by atoms with Gasteiger partial charge in [-0.25, -0.2) is 0 Å². The summed E-state index contributed by atoms with van der Waals surface area (Å²) in [7, 11) is 0. The number of hydrogen-bond acceptors (Lipinski definition) is 2. The number of halogens is 1. The molecular formula is C13H18BrNO. The van der Waals surface area contributed by atoms with Crippen molar-refractivity contribution in [2.24, 2.45) is 0 Å². The summed E-state index contributed by atoms with van der Waals surface area (Å²) in [5.41, 5.74) is 1.25. The molecule has 1 aromatic rings. The lowest BCUT2D eigenvalue weighted by Gasteiger charge is -2.06. The Balaban J connectivity index is 2.36. The predicted molar refractivity (Wildman–Crippen MR) is 72.0 cm³/mol. The van der Waals surface area contributed by atoms with Crippen molar-refractivity contribution in [1.82, 2.24) is 5.32 Å². The summed E-state index contributed by atoms with van der Waals surface area (Å²) < 4.78 is 6.48. The third kappa shape index (κ3) is 5.33. The molecule has 0 aromatic heterocycles. The molecule has 0 saturated heterocycles. The second-order valence-electron chi connectivity index (χ2n) is 3.61. The van der Waals surface area contributed by atoms with Crippen LogP contribution in [0.15, 0.2) is 35.3 Å². The Morgan fingerprint density at radius 3 is 2.62 bits per heavy atom. The molecule has 0 atom stereocenters. The molecule has 3 heteroatoms. The van der Waals surface area contributed by atoms with E-state index in [0.29, 0.717) is 0 Å². The maximum atomic E-state index is 5.51. The maximum Gasteiger partial charge on any atom is 0.119 e. The van der Waals surface area contributed by atoms with Crippen LogP contribution in [0.25, 0.3) is 0 Å². The minimum Gasteiger partial charge on any atom is -0.494 e. The van der Waals surface area contributed by atoms with E-state index in [1.165, 1.54) is 5.56 Å². The molecule has 0 aliphatic heterocycles. The van der Waals surface area contributed by atoms with Crippen molar-refractivity contribution in [2.75, 3.05) is 13.2 Å². The van der Waals surface area contributed by atoms with E-state index in [1.54, 1.807) is 0 Å². The molecule has 0 aliphatic rings. The zero-order chi connectivity index (χ0) is 11.8. The van der Waals surface area contributed by atoms with Crippen LogP contribution in [-0.2, 0) is 6.54 Å². The highest BCUT2D eigenvalue weighted by atomic mass is 79.9. The minimum absolute atomic E-state index is 0.779. The van der Waals surface area contributed by atoms with Gasteiger partial charge in [0.2, 0.25) is 0 Å². The molecule has 0 bridgehead atoms. The third-order valence-corrected chi connectivity index (χ3v) is 2.32. The number of rotatable bonds is 7. The van der Waals surface area contributed by atoms with Gasteiger partial charge >= 0.3 is 0 Å². The molecule has 0 saturated carbocycles. The summed E-state index contributed by atoms with van der Waals surface area (Å²) in [6.45, 7) is 8.28. The summed E-state index contributed by atoms with van der Waals surface area (Å²) in [4.78, 5) is 0. The first kappa shape index (κ1) is 13.3. The second kappa shape index (κ2) is 7.47. The zero-order valence-electron chi connectivity index (χ0n) is 9.63. The molecule has 88 valence electrons. The van der Waals surface area contributed by atoms with Gasteiger partial charge < -0.3 is 10.1 Å². The van der Waals surface area contributed by atoms with Crippen LogP contribution >= 0.6 is 15.9 Å². The molecule has 1 N–H and O–H groups in total. The van der Waals surface area contributed by atoms with Gasteiger partial charge in [0.25, 0.3) is 0 Å². The van der Waals surface area contributed by atoms with Gasteiger partial charge in [-0.1, -0.05) is 41.6 Å². The molecule has 1 rings (SSSR count). The Bertz CT molecular complexity index is 321. The molecule has 0 fully saturated rings. The predicted octanol–water partition coefficient (Wildman–Crippen LogP) is 3.47. The van der Waals surface area contributed by atoms with E-state index in [2.05, 4.69) is 46.9 Å². The largest absolute Gasteiger partial charge is 0.494 e. The Morgan fingerprint density at radius 2 is 2.06 bits per heavy atom. The summed E-state index contributed by atoms with van der Waals surface area (Å²) in [6, 6.07) is 8.18. The van der Waals surface area contributed by atoms with Crippen molar-refractivity contribution in [3.05, 3.63) is 40.9 Å². The van der Waals surface area contributed by atoms with Crippen LogP contribution in [-0.4, -0.2) is 13.2 Å². The molecule has 1 aromatic carbocycles. The average Bonchev–Trinajstić information content (AvgIpc) is 2.27. The van der Waals surface area contributed by atoms with Crippen LogP contribution in [0.2, 0.25) is 0 Å². The normalized spacial score (nSPS) is 10.1. The first-order valence-electron chi connectivity index (χ1n) is 5.48. The van der Waals surface area contributed by atoms with Crippen molar-refractivity contribution in [1.29, 1.82) is 0 Å². The highest BCUT2D eigenvalue weighted by Gasteiger charge is 1.95. The van der Waals surface area contributed by atoms with E-state index in [4.69, 9.17) is 4.74 Å². The van der Waals surface area contributed by atoms with Crippen molar-refractivity contribution in [3.8, 4) is 5.75 Å². The molecule has 0 unspecified atom stereocenters. The summed E-state index contributed by atoms with van der Waals surface area (Å²) in [5.74, 6) is 0.940. The van der Waals surface area contributed by atoms with E-state index >= 15 is 0 Å². The first-order chi connectivity index (χ1) is 7.72. The van der Waals surface area contributed by atoms with Crippen LogP contribution in [0.3, 0.4) is 0 Å². The summed E-state index contributed by atoms with van der Waals surface area (Å²) in [5, 5.41) is 3.28. The second-order valence-corrected chi connectivity index (χ2v) is 4.73. The topological polar surface area (TPSA) is 21.3 Å². The van der Waals surface area contributed by atoms with Gasteiger partial charge in [0.05, 0.1) is 6.61 Å². The first-order valence-corrected chi connectivity index (χ1v) is 6.27. The number of ether oxygens (including phenoxy) is 1. The Morgan fingerprint density at radius 1 is 1.38 bits per heavy atom. The van der Waals surface area contributed by atoms with Gasteiger partial charge in [-0.2, -0.15) is 0 Å². The number of benzene rings is 1. The fourth-order valence-electron chi connectivity index (χ4n) is 1.27. The smallest absolute Gasteiger partial charge is 0.119 e. The molecule has 0 heterocycles. The van der Waals surface area contributed by atoms with Crippen molar-refractivity contribution in [2.45, 2.75) is 19.9 Å². The van der Waals surface area contributed by atoms with Gasteiger partial charge in [-0.15, -0.1) is 0 Å². The molecule has 2 nitrogen and oxygen atoms in total. The van der Waals surface area contributed by atoms with E-state index in [0.717, 1.165) is 36.3 Å². The monoisotopic (exact) mass is 283 g/mol. The summed E-state index contributed by atoms with van der Waals surface area (Å²) >= 11 is 3.31. The highest BCUT2D eigenvalue weighted by Crippen LogP contribution is 2.12. The van der Waals surface area contributed by atoms with Crippen LogP contribution in [0, 0.1) is 0 Å². The Kier molecular flexibility index (Phi) is 6.19. The molecule has 0 radical (unpaired) electrons. The highest BCUT2D eigenvalue weighted by molar-refractivity contribution is 9.11. The lowest BCUT2D eigenvalue weighted by Crippen LogP contribution is -2.14. The Hall–Kier alpha value is -0.800. The van der Waals surface area contributed by atoms with Crippen molar-refractivity contribution >= 4 is 15.9 Å². The van der Waals surface area contributed by atoms with Crippen LogP contribution in [0.5, 0.6) is 5.75 Å². The van der Waals surface area contributed by atoms with E-state index in [9.17, 15) is 0 Å². The fourth-order valence-corrected chi connectivity index (χ4v) is 1.46. The van der Waals surface area contributed by atoms with Gasteiger partial charge in [0.15, 0.2) is 0 Å². The van der Waals surface area contributed by atoms with Gasteiger partial charge in [0.1, 0.15) is 5.75 Å². The average molecular weight is 284 g/mol. The van der Waals surface area contributed by atoms with Gasteiger partial charge in [0, 0.05) is 17.6 Å². The fraction of sp³-hybridized carbons (Fsp3) is 0.385. The lowest BCUT2D eigenvalue weighted by atomic mass is 10.2. The molecular weight excluding hydrogens is 266 g/mol. The van der Waals surface area contributed by atoms with E-state index in [-0.39, 0.29) is 0 Å².